The van der Waals surface area contributed by atoms with E-state index in [2.05, 4.69) is 39.4 Å². The van der Waals surface area contributed by atoms with Gasteiger partial charge in [-0.3, -0.25) is 14.8 Å². The molecular formula is C25H37N7O4. The van der Waals surface area contributed by atoms with E-state index in [-0.39, 0.29) is 17.8 Å². The molecule has 11 nitrogen and oxygen atoms in total. The number of nitrogens with one attached hydrogen (secondary N) is 2. The summed E-state index contributed by atoms with van der Waals surface area (Å²) in [4.78, 5) is 32.9. The van der Waals surface area contributed by atoms with Crippen molar-refractivity contribution in [2.24, 2.45) is 5.92 Å². The van der Waals surface area contributed by atoms with Crippen LogP contribution in [0.4, 0.5) is 10.6 Å². The summed E-state index contributed by atoms with van der Waals surface area (Å²) in [6.07, 6.45) is 2.23. The molecular weight excluding hydrogens is 462 g/mol. The van der Waals surface area contributed by atoms with Gasteiger partial charge in [-0.05, 0) is 53.4 Å². The van der Waals surface area contributed by atoms with Gasteiger partial charge in [-0.1, -0.05) is 5.16 Å². The molecule has 5 heterocycles. The number of aromatic nitrogens is 3. The first-order chi connectivity index (χ1) is 17.1. The lowest BCUT2D eigenvalue weighted by molar-refractivity contribution is 0.00882. The van der Waals surface area contributed by atoms with E-state index in [0.717, 1.165) is 50.4 Å². The second-order valence-electron chi connectivity index (χ2n) is 11.0. The average Bonchev–Trinajstić information content (AvgIpc) is 3.52. The minimum Gasteiger partial charge on any atom is -0.381 e. The summed E-state index contributed by atoms with van der Waals surface area (Å²) in [5.41, 5.74) is 1.69. The second kappa shape index (κ2) is 9.51. The number of fused-ring (bicyclic) bond motifs is 1. The number of urea groups is 1. The van der Waals surface area contributed by atoms with Gasteiger partial charge in [0.2, 0.25) is 5.76 Å². The van der Waals surface area contributed by atoms with Crippen molar-refractivity contribution in [1.29, 1.82) is 0 Å². The van der Waals surface area contributed by atoms with Gasteiger partial charge in [-0.15, -0.1) is 0 Å². The number of piperazine rings is 1. The molecule has 5 rings (SSSR count). The molecule has 2 aromatic heterocycles. The lowest BCUT2D eigenvalue weighted by atomic mass is 9.97. The number of anilines is 1. The Bertz CT molecular complexity index is 1120. The molecule has 0 bridgehead atoms. The van der Waals surface area contributed by atoms with E-state index in [4.69, 9.17) is 9.26 Å². The van der Waals surface area contributed by atoms with Crippen molar-refractivity contribution >= 4 is 17.8 Å². The Hall–Kier alpha value is -2.92. The molecule has 3 amide bonds. The zero-order valence-corrected chi connectivity index (χ0v) is 21.8. The topological polar surface area (TPSA) is 120 Å². The van der Waals surface area contributed by atoms with Crippen LogP contribution in [0.25, 0.3) is 0 Å². The molecule has 2 N–H and O–H groups in total. The van der Waals surface area contributed by atoms with E-state index in [9.17, 15) is 9.59 Å². The first kappa shape index (κ1) is 24.8. The molecule has 0 saturated carbocycles. The van der Waals surface area contributed by atoms with E-state index in [1.807, 2.05) is 23.6 Å². The van der Waals surface area contributed by atoms with Crippen LogP contribution >= 0.6 is 0 Å². The fraction of sp³-hybridized carbons (Fsp3) is 0.680. The summed E-state index contributed by atoms with van der Waals surface area (Å²) >= 11 is 0. The minimum absolute atomic E-state index is 0.0119. The molecule has 3 aliphatic rings. The predicted molar refractivity (Wildman–Crippen MR) is 132 cm³/mol. The normalized spacial score (nSPS) is 24.7. The third kappa shape index (κ3) is 4.50. The van der Waals surface area contributed by atoms with Crippen molar-refractivity contribution in [3.8, 4) is 0 Å². The van der Waals surface area contributed by atoms with Crippen molar-refractivity contribution in [2.45, 2.75) is 71.6 Å². The molecule has 2 aromatic rings. The largest absolute Gasteiger partial charge is 0.381 e. The summed E-state index contributed by atoms with van der Waals surface area (Å²) in [6, 6.07) is 1.98. The average molecular weight is 500 g/mol. The molecule has 3 aliphatic heterocycles. The first-order valence-electron chi connectivity index (χ1n) is 12.9. The van der Waals surface area contributed by atoms with Gasteiger partial charge in [0.1, 0.15) is 0 Å². The van der Waals surface area contributed by atoms with Crippen molar-refractivity contribution in [2.75, 3.05) is 38.2 Å². The molecule has 2 fully saturated rings. The van der Waals surface area contributed by atoms with E-state index in [1.54, 1.807) is 13.0 Å². The van der Waals surface area contributed by atoms with Crippen LogP contribution in [0.15, 0.2) is 10.6 Å². The van der Waals surface area contributed by atoms with Crippen LogP contribution in [0.1, 0.15) is 68.0 Å². The Labute approximate surface area is 211 Å². The fourth-order valence-corrected chi connectivity index (χ4v) is 5.70. The number of H-pyrrole nitrogens is 1. The number of hydrogen-bond acceptors (Lipinski definition) is 7. The van der Waals surface area contributed by atoms with E-state index >= 15 is 0 Å². The van der Waals surface area contributed by atoms with Crippen LogP contribution in [0, 0.1) is 12.8 Å². The van der Waals surface area contributed by atoms with Gasteiger partial charge in [0.25, 0.3) is 5.91 Å². The summed E-state index contributed by atoms with van der Waals surface area (Å²) in [5.74, 6) is 0.779. The van der Waals surface area contributed by atoms with Gasteiger partial charge in [-0.2, -0.15) is 5.10 Å². The standard InChI is InChI=1S/C25H37N7O4/c1-15-10-20(36-29-15)23(33)26-22-19-14-32(25(4,5)21(19)27-28-22)24(34)31-12-16(2)30(11-17(31)3)13-18-6-8-35-9-7-18/h10,16-18H,6-9,11-14H2,1-5H3,(H2,26,27,28,33)/t16-,17+/m1/s1. The highest BCUT2D eigenvalue weighted by molar-refractivity contribution is 6.02. The first-order valence-corrected chi connectivity index (χ1v) is 12.9. The highest BCUT2D eigenvalue weighted by Gasteiger charge is 2.47. The van der Waals surface area contributed by atoms with Crippen LogP contribution in [0.5, 0.6) is 0 Å². The molecule has 0 spiro atoms. The van der Waals surface area contributed by atoms with Crippen LogP contribution in [-0.4, -0.2) is 86.9 Å². The van der Waals surface area contributed by atoms with E-state index in [1.165, 1.54) is 0 Å². The molecule has 2 saturated heterocycles. The zero-order chi connectivity index (χ0) is 25.6. The van der Waals surface area contributed by atoms with Gasteiger partial charge in [0.15, 0.2) is 5.82 Å². The number of nitrogens with zero attached hydrogens (tertiary/aromatic N) is 5. The van der Waals surface area contributed by atoms with E-state index in [0.29, 0.717) is 36.6 Å². The predicted octanol–water partition coefficient (Wildman–Crippen LogP) is 2.95. The fourth-order valence-electron chi connectivity index (χ4n) is 5.70. The number of aromatic amines is 1. The molecule has 36 heavy (non-hydrogen) atoms. The van der Waals surface area contributed by atoms with Crippen LogP contribution in [-0.2, 0) is 16.8 Å². The van der Waals surface area contributed by atoms with Gasteiger partial charge >= 0.3 is 6.03 Å². The van der Waals surface area contributed by atoms with Gasteiger partial charge in [-0.25, -0.2) is 4.79 Å². The lowest BCUT2D eigenvalue weighted by Crippen LogP contribution is -2.62. The zero-order valence-electron chi connectivity index (χ0n) is 21.8. The quantitative estimate of drug-likeness (QED) is 0.664. The maximum absolute atomic E-state index is 13.9. The van der Waals surface area contributed by atoms with Gasteiger partial charge in [0, 0.05) is 56.6 Å². The summed E-state index contributed by atoms with van der Waals surface area (Å²) in [5, 5.41) is 14.0. The number of carbonyl (C=O) groups excluding carboxylic acids is 2. The summed E-state index contributed by atoms with van der Waals surface area (Å²) in [7, 11) is 0. The molecule has 0 aromatic carbocycles. The molecule has 0 aliphatic carbocycles. The van der Waals surface area contributed by atoms with Gasteiger partial charge in [0.05, 0.1) is 23.5 Å². The maximum atomic E-state index is 13.9. The summed E-state index contributed by atoms with van der Waals surface area (Å²) < 4.78 is 10.6. The smallest absolute Gasteiger partial charge is 0.321 e. The number of hydrogen-bond donors (Lipinski definition) is 2. The lowest BCUT2D eigenvalue weighted by Gasteiger charge is -2.47. The second-order valence-corrected chi connectivity index (χ2v) is 11.0. The number of rotatable bonds is 4. The Morgan fingerprint density at radius 2 is 1.94 bits per heavy atom. The molecule has 0 radical (unpaired) electrons. The van der Waals surface area contributed by atoms with Crippen LogP contribution in [0.2, 0.25) is 0 Å². The Morgan fingerprint density at radius 1 is 1.19 bits per heavy atom. The highest BCUT2D eigenvalue weighted by Crippen LogP contribution is 2.41. The third-order valence-electron chi connectivity index (χ3n) is 7.98. The van der Waals surface area contributed by atoms with Gasteiger partial charge < -0.3 is 24.4 Å². The van der Waals surface area contributed by atoms with Crippen molar-refractivity contribution in [3.05, 3.63) is 28.8 Å². The monoisotopic (exact) mass is 499 g/mol. The Morgan fingerprint density at radius 3 is 2.64 bits per heavy atom. The van der Waals surface area contributed by atoms with Crippen molar-refractivity contribution in [3.63, 3.8) is 0 Å². The SMILES string of the molecule is Cc1cc(C(=O)Nc2n[nH]c3c2CN(C(=O)N2C[C@@H](C)N(CC4CCOCC4)C[C@@H]2C)C3(C)C)on1. The highest BCUT2D eigenvalue weighted by atomic mass is 16.5. The Balaban J connectivity index is 1.26. The molecule has 2 atom stereocenters. The molecule has 11 heteroatoms. The van der Waals surface area contributed by atoms with Crippen LogP contribution < -0.4 is 5.32 Å². The summed E-state index contributed by atoms with van der Waals surface area (Å²) in [6.45, 7) is 14.8. The Kier molecular flexibility index (Phi) is 6.54. The number of ether oxygens (including phenoxy) is 1. The van der Waals surface area contributed by atoms with Crippen molar-refractivity contribution in [1.82, 2.24) is 30.1 Å². The number of amides is 3. The maximum Gasteiger partial charge on any atom is 0.321 e. The number of carbonyl (C=O) groups is 2. The molecule has 196 valence electrons. The van der Waals surface area contributed by atoms with Crippen LogP contribution in [0.3, 0.4) is 0 Å². The van der Waals surface area contributed by atoms with Crippen molar-refractivity contribution < 1.29 is 18.8 Å². The third-order valence-corrected chi connectivity index (χ3v) is 7.98. The minimum atomic E-state index is -0.590. The van der Waals surface area contributed by atoms with E-state index < -0.39 is 11.4 Å². The molecule has 0 unspecified atom stereocenters. The number of aryl methyl sites for hydroxylation is 1.